The molecule has 7 heteroatoms. The van der Waals surface area contributed by atoms with Crippen LogP contribution in [-0.2, 0) is 0 Å². The van der Waals surface area contributed by atoms with Gasteiger partial charge in [-0.05, 0) is 34.0 Å². The highest BCUT2D eigenvalue weighted by Gasteiger charge is 2.34. The van der Waals surface area contributed by atoms with Gasteiger partial charge in [0.25, 0.3) is 0 Å². The molecule has 192 valence electrons. The van der Waals surface area contributed by atoms with Crippen LogP contribution in [0.1, 0.15) is 31.0 Å². The van der Waals surface area contributed by atoms with Crippen LogP contribution in [0.2, 0.25) is 0 Å². The van der Waals surface area contributed by atoms with Gasteiger partial charge in [-0.25, -0.2) is 0 Å². The first-order chi connectivity index (χ1) is 17.3. The van der Waals surface area contributed by atoms with E-state index in [9.17, 15) is 0 Å². The van der Waals surface area contributed by atoms with Gasteiger partial charge < -0.3 is 5.32 Å². The third-order valence-electron chi connectivity index (χ3n) is 5.77. The van der Waals surface area contributed by atoms with Crippen LogP contribution in [0.3, 0.4) is 0 Å². The Morgan fingerprint density at radius 2 is 1.17 bits per heavy atom. The van der Waals surface area contributed by atoms with Gasteiger partial charge in [-0.3, -0.25) is 4.90 Å². The van der Waals surface area contributed by atoms with Crippen molar-refractivity contribution in [3.05, 3.63) is 107 Å². The first kappa shape index (κ1) is 29.3. The molecule has 6 rings (SSSR count). The lowest BCUT2D eigenvalue weighted by molar-refractivity contribution is 0.148. The molecule has 0 bridgehead atoms. The second-order valence-corrected chi connectivity index (χ2v) is 13.3. The molecule has 2 aromatic carbocycles. The maximum absolute atomic E-state index is 3.26. The van der Waals surface area contributed by atoms with E-state index in [-0.39, 0.29) is 12.4 Å². The highest BCUT2D eigenvalue weighted by molar-refractivity contribution is 8.02. The normalized spacial score (nSPS) is 15.4. The second kappa shape index (κ2) is 15.9. The Morgan fingerprint density at radius 3 is 1.56 bits per heavy atom. The molecule has 2 aliphatic heterocycles. The van der Waals surface area contributed by atoms with Gasteiger partial charge in [-0.15, -0.1) is 58.6 Å². The summed E-state index contributed by atoms with van der Waals surface area (Å²) in [5, 5.41) is 9.10. The molecular weight excluding hydrogens is 540 g/mol. The molecule has 2 aliphatic rings. The summed E-state index contributed by atoms with van der Waals surface area (Å²) in [5.74, 6) is 0. The van der Waals surface area contributed by atoms with Gasteiger partial charge in [0.2, 0.25) is 0 Å². The average molecular weight is 575 g/mol. The monoisotopic (exact) mass is 574 g/mol. The van der Waals surface area contributed by atoms with Crippen molar-refractivity contribution in [3.8, 4) is 0 Å². The minimum Gasteiger partial charge on any atom is -0.314 e. The van der Waals surface area contributed by atoms with Crippen molar-refractivity contribution in [2.75, 3.05) is 26.2 Å². The second-order valence-electron chi connectivity index (χ2n) is 8.18. The Bertz CT molecular complexity index is 1030. The molecule has 0 aliphatic carbocycles. The van der Waals surface area contributed by atoms with E-state index >= 15 is 0 Å². The fourth-order valence-electron chi connectivity index (χ4n) is 3.97. The van der Waals surface area contributed by atoms with Crippen LogP contribution in [0, 0.1) is 0 Å². The van der Waals surface area contributed by atoms with Crippen LogP contribution in [0.5, 0.6) is 0 Å². The summed E-state index contributed by atoms with van der Waals surface area (Å²) in [6.45, 7) is 8.67. The minimum absolute atomic E-state index is 0. The van der Waals surface area contributed by atoms with Gasteiger partial charge >= 0.3 is 0 Å². The van der Waals surface area contributed by atoms with E-state index in [1.165, 1.54) is 32.6 Å². The van der Waals surface area contributed by atoms with Crippen molar-refractivity contribution in [2.24, 2.45) is 0 Å². The van der Waals surface area contributed by atoms with Gasteiger partial charge in [-0.2, -0.15) is 0 Å². The first-order valence-corrected chi connectivity index (χ1v) is 15.8. The van der Waals surface area contributed by atoms with Crippen LogP contribution in [0.4, 0.5) is 0 Å². The third-order valence-corrected chi connectivity index (χ3v) is 10.3. The maximum Gasteiger partial charge on any atom is 0.0602 e. The van der Waals surface area contributed by atoms with E-state index in [0.717, 1.165) is 18.3 Å². The lowest BCUT2D eigenvalue weighted by Crippen LogP contribution is -2.50. The largest absolute Gasteiger partial charge is 0.314 e. The molecule has 2 aromatic heterocycles. The maximum atomic E-state index is 3.26. The molecule has 2 saturated heterocycles. The molecule has 4 aromatic rings. The Kier molecular flexibility index (Phi) is 12.9. The molecule has 0 atom stereocenters. The van der Waals surface area contributed by atoms with E-state index < -0.39 is 0 Å². The molecule has 0 amide bonds. The van der Waals surface area contributed by atoms with Crippen LogP contribution < -0.4 is 5.32 Å². The quantitative estimate of drug-likeness (QED) is 0.238. The highest BCUT2D eigenvalue weighted by atomic mass is 35.5. The predicted molar refractivity (Wildman–Crippen MR) is 166 cm³/mol. The number of likely N-dealkylation sites (tertiary alicyclic amines) is 1. The van der Waals surface area contributed by atoms with Crippen LogP contribution in [0.15, 0.2) is 104 Å². The number of hydrogen-bond acceptors (Lipinski definition) is 6. The van der Waals surface area contributed by atoms with Gasteiger partial charge in [0.05, 0.1) is 14.5 Å². The number of nitrogens with zero attached hydrogens (tertiary/aromatic N) is 1. The Balaban J connectivity index is 0.000000233. The standard InChI is InChI=1S/C20H19NS2.C7H9NS2.C2H6.ClH/c1-3-8-16(9-4-1)20(17-10-5-2-6-11-17)21-14-18(15-21)23-19-12-7-13-22-19;1-2-7(9-3-1)10-6-4-8-5-6;1-2;/h1-13,18,20H,14-15H2;1-3,6,8H,4-5H2;1-2H3;1H. The van der Waals surface area contributed by atoms with Crippen molar-refractivity contribution in [3.63, 3.8) is 0 Å². The van der Waals surface area contributed by atoms with E-state index in [1.54, 1.807) is 0 Å². The SMILES string of the molecule is CC.Cl.c1ccc(C(c2ccccc2)N2CC(Sc3cccs3)C2)cc1.c1csc(SC2CNC2)c1. The lowest BCUT2D eigenvalue weighted by atomic mass is 9.94. The minimum atomic E-state index is 0. The summed E-state index contributed by atoms with van der Waals surface area (Å²) < 4.78 is 2.89. The number of rotatable bonds is 7. The highest BCUT2D eigenvalue weighted by Crippen LogP contribution is 2.39. The Labute approximate surface area is 239 Å². The number of nitrogens with one attached hydrogen (secondary N) is 1. The summed E-state index contributed by atoms with van der Waals surface area (Å²) in [5.41, 5.74) is 2.77. The zero-order valence-electron chi connectivity index (χ0n) is 20.8. The molecule has 2 fully saturated rings. The zero-order chi connectivity index (χ0) is 24.3. The molecule has 0 radical (unpaired) electrons. The van der Waals surface area contributed by atoms with Crippen molar-refractivity contribution in [1.29, 1.82) is 0 Å². The summed E-state index contributed by atoms with van der Waals surface area (Å²) in [6.07, 6.45) is 0. The number of benzene rings is 2. The van der Waals surface area contributed by atoms with E-state index in [2.05, 4.69) is 106 Å². The third kappa shape index (κ3) is 8.38. The molecule has 0 spiro atoms. The molecule has 36 heavy (non-hydrogen) atoms. The van der Waals surface area contributed by atoms with Crippen molar-refractivity contribution in [2.45, 2.75) is 38.8 Å². The first-order valence-electron chi connectivity index (χ1n) is 12.3. The van der Waals surface area contributed by atoms with E-state index in [4.69, 9.17) is 0 Å². The number of halogens is 1. The summed E-state index contributed by atoms with van der Waals surface area (Å²) >= 11 is 7.70. The lowest BCUT2D eigenvalue weighted by Gasteiger charge is -2.44. The molecular formula is C29H35ClN2S4. The van der Waals surface area contributed by atoms with Crippen LogP contribution in [0.25, 0.3) is 0 Å². The van der Waals surface area contributed by atoms with Crippen molar-refractivity contribution in [1.82, 2.24) is 10.2 Å². The smallest absolute Gasteiger partial charge is 0.0602 e. The number of thioether (sulfide) groups is 2. The predicted octanol–water partition coefficient (Wildman–Crippen LogP) is 8.57. The van der Waals surface area contributed by atoms with Crippen molar-refractivity contribution >= 4 is 58.6 Å². The molecule has 1 N–H and O–H groups in total. The van der Waals surface area contributed by atoms with Crippen LogP contribution in [-0.4, -0.2) is 41.6 Å². The van der Waals surface area contributed by atoms with Crippen LogP contribution >= 0.6 is 58.6 Å². The van der Waals surface area contributed by atoms with Crippen molar-refractivity contribution < 1.29 is 0 Å². The topological polar surface area (TPSA) is 15.3 Å². The molecule has 2 nitrogen and oxygen atoms in total. The average Bonchev–Trinajstić information content (AvgIpc) is 3.58. The summed E-state index contributed by atoms with van der Waals surface area (Å²) in [7, 11) is 0. The summed E-state index contributed by atoms with van der Waals surface area (Å²) in [4.78, 5) is 2.59. The molecule has 4 heterocycles. The molecule has 0 saturated carbocycles. The zero-order valence-corrected chi connectivity index (χ0v) is 24.9. The fraction of sp³-hybridized carbons (Fsp3) is 0.310. The molecule has 0 unspecified atom stereocenters. The van der Waals surface area contributed by atoms with Gasteiger partial charge in [0, 0.05) is 36.7 Å². The Morgan fingerprint density at radius 1 is 0.694 bits per heavy atom. The Hall–Kier alpha value is -1.25. The van der Waals surface area contributed by atoms with E-state index in [0.29, 0.717) is 11.3 Å². The van der Waals surface area contributed by atoms with Gasteiger partial charge in [0.1, 0.15) is 0 Å². The van der Waals surface area contributed by atoms with Gasteiger partial charge in [0.15, 0.2) is 0 Å². The van der Waals surface area contributed by atoms with E-state index in [1.807, 2.05) is 60.0 Å². The fourth-order valence-corrected chi connectivity index (χ4v) is 8.37. The summed E-state index contributed by atoms with van der Waals surface area (Å²) in [6, 6.07) is 30.8. The van der Waals surface area contributed by atoms with Gasteiger partial charge in [-0.1, -0.05) is 86.6 Å². The number of hydrogen-bond donors (Lipinski definition) is 1. The number of thiophene rings is 2.